The maximum Gasteiger partial charge on any atom is 0.0931 e. The molecule has 1 fully saturated rings. The molecular formula is C12H18ClNOS. The van der Waals surface area contributed by atoms with Crippen LogP contribution in [0.5, 0.6) is 0 Å². The van der Waals surface area contributed by atoms with Crippen molar-refractivity contribution in [3.8, 4) is 0 Å². The van der Waals surface area contributed by atoms with E-state index in [4.69, 9.17) is 22.1 Å². The summed E-state index contributed by atoms with van der Waals surface area (Å²) in [6.07, 6.45) is 5.95. The van der Waals surface area contributed by atoms with E-state index in [0.717, 1.165) is 30.2 Å². The minimum Gasteiger partial charge on any atom is -0.378 e. The lowest BCUT2D eigenvalue weighted by Gasteiger charge is -2.13. The van der Waals surface area contributed by atoms with Crippen molar-refractivity contribution in [1.82, 2.24) is 0 Å². The summed E-state index contributed by atoms with van der Waals surface area (Å²) < 4.78 is 6.43. The number of halogens is 1. The van der Waals surface area contributed by atoms with Crippen molar-refractivity contribution in [3.05, 3.63) is 21.3 Å². The quantitative estimate of drug-likeness (QED) is 0.881. The Morgan fingerprint density at radius 1 is 1.56 bits per heavy atom. The minimum atomic E-state index is 0.235. The zero-order valence-electron chi connectivity index (χ0n) is 9.32. The van der Waals surface area contributed by atoms with Crippen molar-refractivity contribution in [2.45, 2.75) is 44.2 Å². The Morgan fingerprint density at radius 2 is 2.44 bits per heavy atom. The van der Waals surface area contributed by atoms with E-state index in [1.165, 1.54) is 17.7 Å². The highest BCUT2D eigenvalue weighted by Crippen LogP contribution is 2.23. The fraction of sp³-hybridized carbons (Fsp3) is 0.667. The molecule has 0 aromatic carbocycles. The maximum atomic E-state index is 6.10. The number of nitrogens with two attached hydrogens (primary N) is 1. The molecule has 1 saturated heterocycles. The molecule has 16 heavy (non-hydrogen) atoms. The SMILES string of the molecule is NC(CCC1CCCO1)Cc1ccc(Cl)s1. The summed E-state index contributed by atoms with van der Waals surface area (Å²) in [4.78, 5) is 1.28. The molecule has 90 valence electrons. The van der Waals surface area contributed by atoms with Gasteiger partial charge in [0.1, 0.15) is 0 Å². The van der Waals surface area contributed by atoms with E-state index in [0.29, 0.717) is 6.10 Å². The van der Waals surface area contributed by atoms with Crippen molar-refractivity contribution in [2.75, 3.05) is 6.61 Å². The zero-order chi connectivity index (χ0) is 11.4. The van der Waals surface area contributed by atoms with E-state index < -0.39 is 0 Å². The first kappa shape index (κ1) is 12.4. The van der Waals surface area contributed by atoms with Gasteiger partial charge in [0.15, 0.2) is 0 Å². The predicted octanol–water partition coefficient (Wildman–Crippen LogP) is 3.23. The first-order valence-corrected chi connectivity index (χ1v) is 7.05. The fourth-order valence-electron chi connectivity index (χ4n) is 2.09. The monoisotopic (exact) mass is 259 g/mol. The molecule has 2 rings (SSSR count). The highest BCUT2D eigenvalue weighted by molar-refractivity contribution is 7.16. The maximum absolute atomic E-state index is 6.10. The molecule has 0 bridgehead atoms. The molecule has 1 aliphatic rings. The molecule has 0 amide bonds. The number of ether oxygens (including phenoxy) is 1. The summed E-state index contributed by atoms with van der Waals surface area (Å²) in [5.74, 6) is 0. The van der Waals surface area contributed by atoms with Crippen LogP contribution in [-0.2, 0) is 11.2 Å². The summed E-state index contributed by atoms with van der Waals surface area (Å²) in [5.41, 5.74) is 6.10. The van der Waals surface area contributed by atoms with Gasteiger partial charge in [0.05, 0.1) is 10.4 Å². The van der Waals surface area contributed by atoms with Gasteiger partial charge < -0.3 is 10.5 Å². The number of thiophene rings is 1. The Hall–Kier alpha value is -0.0900. The first-order valence-electron chi connectivity index (χ1n) is 5.85. The Kier molecular flexibility index (Phi) is 4.65. The average molecular weight is 260 g/mol. The van der Waals surface area contributed by atoms with Crippen LogP contribution in [0.2, 0.25) is 4.34 Å². The molecule has 2 unspecified atom stereocenters. The third-order valence-corrected chi connectivity index (χ3v) is 4.23. The minimum absolute atomic E-state index is 0.235. The molecule has 2 nitrogen and oxygen atoms in total. The van der Waals surface area contributed by atoms with Crippen LogP contribution < -0.4 is 5.73 Å². The Balaban J connectivity index is 1.69. The summed E-state index contributed by atoms with van der Waals surface area (Å²) in [7, 11) is 0. The third-order valence-electron chi connectivity index (χ3n) is 2.98. The highest BCUT2D eigenvalue weighted by Gasteiger charge is 2.16. The second-order valence-corrected chi connectivity index (χ2v) is 6.18. The van der Waals surface area contributed by atoms with Gasteiger partial charge in [-0.15, -0.1) is 11.3 Å². The standard InChI is InChI=1S/C12H18ClNOS/c13-12-6-5-11(16-12)8-9(14)3-4-10-2-1-7-15-10/h5-6,9-10H,1-4,7-8,14H2. The van der Waals surface area contributed by atoms with Gasteiger partial charge in [-0.05, 0) is 44.2 Å². The summed E-state index contributed by atoms with van der Waals surface area (Å²) in [6, 6.07) is 4.24. The molecular weight excluding hydrogens is 242 g/mol. The lowest BCUT2D eigenvalue weighted by Crippen LogP contribution is -2.24. The van der Waals surface area contributed by atoms with E-state index in [-0.39, 0.29) is 6.04 Å². The van der Waals surface area contributed by atoms with Crippen molar-refractivity contribution < 1.29 is 4.74 Å². The second kappa shape index (κ2) is 6.01. The Morgan fingerprint density at radius 3 is 3.06 bits per heavy atom. The van der Waals surface area contributed by atoms with E-state index in [1.54, 1.807) is 11.3 Å². The summed E-state index contributed by atoms with van der Waals surface area (Å²) >= 11 is 7.51. The van der Waals surface area contributed by atoms with E-state index in [9.17, 15) is 0 Å². The first-order chi connectivity index (χ1) is 7.74. The van der Waals surface area contributed by atoms with Crippen molar-refractivity contribution >= 4 is 22.9 Å². The molecule has 2 N–H and O–H groups in total. The topological polar surface area (TPSA) is 35.2 Å². The zero-order valence-corrected chi connectivity index (χ0v) is 10.9. The van der Waals surface area contributed by atoms with Crippen molar-refractivity contribution in [1.29, 1.82) is 0 Å². The summed E-state index contributed by atoms with van der Waals surface area (Å²) in [5, 5.41) is 0. The van der Waals surface area contributed by atoms with Crippen molar-refractivity contribution in [2.24, 2.45) is 5.73 Å². The van der Waals surface area contributed by atoms with E-state index in [1.807, 2.05) is 6.07 Å². The van der Waals surface area contributed by atoms with E-state index in [2.05, 4.69) is 6.07 Å². The van der Waals surface area contributed by atoms with Crippen LogP contribution in [0.4, 0.5) is 0 Å². The molecule has 1 aromatic rings. The lowest BCUT2D eigenvalue weighted by molar-refractivity contribution is 0.101. The van der Waals surface area contributed by atoms with Gasteiger partial charge in [-0.1, -0.05) is 11.6 Å². The molecule has 0 spiro atoms. The van der Waals surface area contributed by atoms with Crippen LogP contribution in [0.25, 0.3) is 0 Å². The van der Waals surface area contributed by atoms with Crippen molar-refractivity contribution in [3.63, 3.8) is 0 Å². The van der Waals surface area contributed by atoms with Gasteiger partial charge >= 0.3 is 0 Å². The van der Waals surface area contributed by atoms with E-state index >= 15 is 0 Å². The van der Waals surface area contributed by atoms with Gasteiger partial charge in [-0.2, -0.15) is 0 Å². The largest absolute Gasteiger partial charge is 0.378 e. The highest BCUT2D eigenvalue weighted by atomic mass is 35.5. The Bertz CT molecular complexity index is 323. The molecule has 2 heterocycles. The van der Waals surface area contributed by atoms with Gasteiger partial charge in [-0.25, -0.2) is 0 Å². The Labute approximate surface area is 106 Å². The van der Waals surface area contributed by atoms with Gasteiger partial charge in [0.2, 0.25) is 0 Å². The van der Waals surface area contributed by atoms with Crippen LogP contribution in [-0.4, -0.2) is 18.8 Å². The van der Waals surface area contributed by atoms with Crippen LogP contribution >= 0.6 is 22.9 Å². The molecule has 1 aliphatic heterocycles. The number of rotatable bonds is 5. The van der Waals surface area contributed by atoms with Gasteiger partial charge in [0, 0.05) is 17.5 Å². The molecule has 2 atom stereocenters. The molecule has 1 aromatic heterocycles. The number of hydrogen-bond acceptors (Lipinski definition) is 3. The molecule has 4 heteroatoms. The number of hydrogen-bond donors (Lipinski definition) is 1. The third kappa shape index (κ3) is 3.74. The normalized spacial score (nSPS) is 22.5. The predicted molar refractivity (Wildman–Crippen MR) is 69.2 cm³/mol. The van der Waals surface area contributed by atoms with Crippen LogP contribution in [0.1, 0.15) is 30.6 Å². The molecule has 0 saturated carbocycles. The molecule has 0 radical (unpaired) electrons. The van der Waals surface area contributed by atoms with Gasteiger partial charge in [-0.3, -0.25) is 0 Å². The second-order valence-electron chi connectivity index (χ2n) is 4.38. The van der Waals surface area contributed by atoms with Crippen LogP contribution in [0, 0.1) is 0 Å². The van der Waals surface area contributed by atoms with Crippen LogP contribution in [0.15, 0.2) is 12.1 Å². The fourth-order valence-corrected chi connectivity index (χ4v) is 3.27. The molecule has 0 aliphatic carbocycles. The van der Waals surface area contributed by atoms with Crippen LogP contribution in [0.3, 0.4) is 0 Å². The smallest absolute Gasteiger partial charge is 0.0931 e. The average Bonchev–Trinajstić information content (AvgIpc) is 2.87. The lowest BCUT2D eigenvalue weighted by atomic mass is 10.0. The van der Waals surface area contributed by atoms with Gasteiger partial charge in [0.25, 0.3) is 0 Å². The summed E-state index contributed by atoms with van der Waals surface area (Å²) in [6.45, 7) is 0.931.